The van der Waals surface area contributed by atoms with E-state index in [-0.39, 0.29) is 17.4 Å². The number of hydrogen-bond donors (Lipinski definition) is 1. The van der Waals surface area contributed by atoms with Gasteiger partial charge in [0.25, 0.3) is 0 Å². The van der Waals surface area contributed by atoms with E-state index < -0.39 is 5.60 Å². The molecule has 7 heteroatoms. The Labute approximate surface area is 173 Å². The van der Waals surface area contributed by atoms with Gasteiger partial charge >= 0.3 is 0 Å². The highest BCUT2D eigenvalue weighted by Crippen LogP contribution is 2.57. The Morgan fingerprint density at radius 1 is 1.28 bits per heavy atom. The Bertz CT molecular complexity index is 1170. The number of benzene rings is 1. The molecule has 0 saturated heterocycles. The average Bonchev–Trinajstić information content (AvgIpc) is 3.35. The van der Waals surface area contributed by atoms with Gasteiger partial charge in [0.2, 0.25) is 5.91 Å². The second-order valence-electron chi connectivity index (χ2n) is 8.96. The molecule has 3 aliphatic rings. The molecule has 2 saturated carbocycles. The van der Waals surface area contributed by atoms with Crippen LogP contribution in [-0.2, 0) is 16.8 Å². The van der Waals surface area contributed by atoms with Gasteiger partial charge in [-0.25, -0.2) is 4.98 Å². The number of fused-ring (bicyclic) bond motifs is 3. The van der Waals surface area contributed by atoms with Gasteiger partial charge in [0, 0.05) is 17.3 Å². The molecule has 1 amide bonds. The molecule has 3 aromatic rings. The van der Waals surface area contributed by atoms with Crippen LogP contribution in [-0.4, -0.2) is 31.1 Å². The van der Waals surface area contributed by atoms with Gasteiger partial charge in [-0.15, -0.1) is 0 Å². The zero-order valence-corrected chi connectivity index (χ0v) is 16.9. The smallest absolute Gasteiger partial charge is 0.238 e. The van der Waals surface area contributed by atoms with E-state index in [1.165, 1.54) is 0 Å². The molecule has 6 rings (SSSR count). The van der Waals surface area contributed by atoms with Crippen LogP contribution in [0.5, 0.6) is 0 Å². The van der Waals surface area contributed by atoms with Crippen molar-refractivity contribution < 1.29 is 9.90 Å². The molecule has 29 heavy (non-hydrogen) atoms. The summed E-state index contributed by atoms with van der Waals surface area (Å²) in [6.45, 7) is 2.26. The van der Waals surface area contributed by atoms with Crippen LogP contribution in [0.4, 0.5) is 5.69 Å². The quantitative estimate of drug-likeness (QED) is 0.716. The van der Waals surface area contributed by atoms with Crippen LogP contribution in [0.15, 0.2) is 36.7 Å². The lowest BCUT2D eigenvalue weighted by Gasteiger charge is -2.42. The Morgan fingerprint density at radius 2 is 2.07 bits per heavy atom. The number of amides is 1. The summed E-state index contributed by atoms with van der Waals surface area (Å²) < 4.78 is 2.19. The normalized spacial score (nSPS) is 26.8. The Morgan fingerprint density at radius 3 is 2.79 bits per heavy atom. The number of pyridine rings is 1. The summed E-state index contributed by atoms with van der Waals surface area (Å²) in [5.74, 6) is 0.973. The molecule has 2 aromatic heterocycles. The Balaban J connectivity index is 1.45. The van der Waals surface area contributed by atoms with Crippen LogP contribution in [0.3, 0.4) is 0 Å². The van der Waals surface area contributed by atoms with Crippen molar-refractivity contribution in [3.63, 3.8) is 0 Å². The minimum atomic E-state index is -0.650. The molecule has 2 aliphatic carbocycles. The maximum Gasteiger partial charge on any atom is 0.238 e. The van der Waals surface area contributed by atoms with E-state index in [0.29, 0.717) is 24.4 Å². The fraction of sp³-hybridized carbons (Fsp3) is 0.409. The highest BCUT2D eigenvalue weighted by molar-refractivity contribution is 6.31. The zero-order valence-electron chi connectivity index (χ0n) is 16.1. The van der Waals surface area contributed by atoms with E-state index in [0.717, 1.165) is 41.0 Å². The summed E-state index contributed by atoms with van der Waals surface area (Å²) in [5, 5.41) is 10.9. The average molecular weight is 409 g/mol. The number of nitrogens with zero attached hydrogens (tertiary/aromatic N) is 4. The van der Waals surface area contributed by atoms with Crippen molar-refractivity contribution in [2.24, 2.45) is 0 Å². The van der Waals surface area contributed by atoms with Crippen molar-refractivity contribution in [3.8, 4) is 0 Å². The standard InChI is InChI=1S/C22H21ClN4O2/c1-21(29)9-14(10-21)27-17-3-2-13(23)8-16(17)25-19(27)12-26-18-11-24-7-4-15(18)22(5-6-22)20(26)28/h2-4,7-8,11,14,29H,5-6,9-10,12H2,1H3/t14-,21-. The summed E-state index contributed by atoms with van der Waals surface area (Å²) in [6.07, 6.45) is 6.70. The molecule has 0 unspecified atom stereocenters. The van der Waals surface area contributed by atoms with Gasteiger partial charge < -0.3 is 14.6 Å². The first-order valence-electron chi connectivity index (χ1n) is 10.0. The van der Waals surface area contributed by atoms with E-state index in [1.54, 1.807) is 12.4 Å². The van der Waals surface area contributed by atoms with E-state index in [9.17, 15) is 9.90 Å². The lowest BCUT2D eigenvalue weighted by molar-refractivity contribution is -0.120. The zero-order chi connectivity index (χ0) is 20.0. The lowest BCUT2D eigenvalue weighted by Crippen LogP contribution is -2.43. The van der Waals surface area contributed by atoms with E-state index in [2.05, 4.69) is 9.55 Å². The van der Waals surface area contributed by atoms with Crippen LogP contribution in [0.1, 0.15) is 50.0 Å². The van der Waals surface area contributed by atoms with Crippen molar-refractivity contribution in [2.75, 3.05) is 4.90 Å². The number of carbonyl (C=O) groups is 1. The maximum absolute atomic E-state index is 13.3. The molecule has 1 spiro atoms. The molecule has 1 aliphatic heterocycles. The number of hydrogen-bond acceptors (Lipinski definition) is 4. The second-order valence-corrected chi connectivity index (χ2v) is 9.39. The van der Waals surface area contributed by atoms with E-state index in [4.69, 9.17) is 16.6 Å². The minimum absolute atomic E-state index is 0.151. The van der Waals surface area contributed by atoms with Crippen molar-refractivity contribution in [3.05, 3.63) is 53.1 Å². The number of rotatable bonds is 3. The van der Waals surface area contributed by atoms with Crippen LogP contribution in [0.2, 0.25) is 5.02 Å². The van der Waals surface area contributed by atoms with Gasteiger partial charge in [0.1, 0.15) is 5.82 Å². The van der Waals surface area contributed by atoms with Gasteiger partial charge in [-0.2, -0.15) is 0 Å². The first kappa shape index (κ1) is 17.4. The molecule has 0 atom stereocenters. The molecular weight excluding hydrogens is 388 g/mol. The number of carbonyl (C=O) groups excluding carboxylic acids is 1. The molecule has 0 bridgehead atoms. The monoisotopic (exact) mass is 408 g/mol. The van der Waals surface area contributed by atoms with Gasteiger partial charge in [-0.1, -0.05) is 11.6 Å². The number of aromatic nitrogens is 3. The molecule has 3 heterocycles. The summed E-state index contributed by atoms with van der Waals surface area (Å²) in [6, 6.07) is 7.84. The predicted molar refractivity (Wildman–Crippen MR) is 110 cm³/mol. The molecule has 0 radical (unpaired) electrons. The third-order valence-electron chi connectivity index (χ3n) is 6.75. The highest BCUT2D eigenvalue weighted by Gasteiger charge is 2.59. The van der Waals surface area contributed by atoms with Crippen molar-refractivity contribution in [1.29, 1.82) is 0 Å². The summed E-state index contributed by atoms with van der Waals surface area (Å²) in [7, 11) is 0. The van der Waals surface area contributed by atoms with Crippen LogP contribution in [0, 0.1) is 0 Å². The topological polar surface area (TPSA) is 71.2 Å². The minimum Gasteiger partial charge on any atom is -0.390 e. The highest BCUT2D eigenvalue weighted by atomic mass is 35.5. The maximum atomic E-state index is 13.3. The Kier molecular flexibility index (Phi) is 3.35. The largest absolute Gasteiger partial charge is 0.390 e. The molecule has 2 fully saturated rings. The van der Waals surface area contributed by atoms with E-state index in [1.807, 2.05) is 36.1 Å². The Hall–Kier alpha value is -2.44. The first-order chi connectivity index (χ1) is 13.9. The SMILES string of the molecule is C[C@]1(O)C[C@H](n2c(CN3C(=O)C4(CC4)c4ccncc43)nc3cc(Cl)ccc32)C1. The molecule has 6 nitrogen and oxygen atoms in total. The van der Waals surface area contributed by atoms with Gasteiger partial charge in [0.15, 0.2) is 0 Å². The van der Waals surface area contributed by atoms with Crippen LogP contribution in [0.25, 0.3) is 11.0 Å². The van der Waals surface area contributed by atoms with E-state index >= 15 is 0 Å². The summed E-state index contributed by atoms with van der Waals surface area (Å²) >= 11 is 6.20. The lowest BCUT2D eigenvalue weighted by atomic mass is 9.77. The predicted octanol–water partition coefficient (Wildman–Crippen LogP) is 3.75. The third-order valence-corrected chi connectivity index (χ3v) is 6.99. The van der Waals surface area contributed by atoms with Crippen molar-refractivity contribution in [1.82, 2.24) is 14.5 Å². The fourth-order valence-electron chi connectivity index (χ4n) is 5.17. The third kappa shape index (κ3) is 2.42. The van der Waals surface area contributed by atoms with Gasteiger partial charge in [-0.05, 0) is 62.4 Å². The number of aliphatic hydroxyl groups is 1. The van der Waals surface area contributed by atoms with Crippen LogP contribution < -0.4 is 4.90 Å². The molecule has 1 aromatic carbocycles. The number of halogens is 1. The molecular formula is C22H21ClN4O2. The van der Waals surface area contributed by atoms with Crippen LogP contribution >= 0.6 is 11.6 Å². The molecule has 1 N–H and O–H groups in total. The molecule has 148 valence electrons. The van der Waals surface area contributed by atoms with Crippen molar-refractivity contribution in [2.45, 2.75) is 56.2 Å². The summed E-state index contributed by atoms with van der Waals surface area (Å²) in [4.78, 5) is 24.2. The summed E-state index contributed by atoms with van der Waals surface area (Å²) in [5.41, 5.74) is 2.80. The number of anilines is 1. The number of imidazole rings is 1. The second kappa shape index (κ2) is 5.58. The van der Waals surface area contributed by atoms with Gasteiger partial charge in [-0.3, -0.25) is 9.78 Å². The first-order valence-corrected chi connectivity index (χ1v) is 10.4. The van der Waals surface area contributed by atoms with Crippen molar-refractivity contribution >= 4 is 34.2 Å². The fourth-order valence-corrected chi connectivity index (χ4v) is 5.34. The van der Waals surface area contributed by atoms with Gasteiger partial charge in [0.05, 0.1) is 40.5 Å².